The van der Waals surface area contributed by atoms with E-state index in [-0.39, 0.29) is 4.90 Å². The van der Waals surface area contributed by atoms with Crippen molar-refractivity contribution in [3.8, 4) is 0 Å². The quantitative estimate of drug-likeness (QED) is 0.852. The highest BCUT2D eigenvalue weighted by Gasteiger charge is 2.30. The number of methoxy groups -OCH3 is 1. The van der Waals surface area contributed by atoms with Crippen molar-refractivity contribution in [2.24, 2.45) is 5.92 Å². The molecule has 0 saturated heterocycles. The van der Waals surface area contributed by atoms with Gasteiger partial charge in [-0.25, -0.2) is 0 Å². The molecule has 0 amide bonds. The van der Waals surface area contributed by atoms with Gasteiger partial charge in [-0.2, -0.15) is 8.42 Å². The van der Waals surface area contributed by atoms with Crippen LogP contribution in [0.15, 0.2) is 23.1 Å². The van der Waals surface area contributed by atoms with Gasteiger partial charge in [0.25, 0.3) is 10.1 Å². The standard InChI is InChI=1S/C13H18O4S/c1-9-3-4-13(18(14,15)16)11(5-9)6-10-7-12(8-10)17-2/h3-5,10,12H,6-8H2,1-2H3,(H,14,15,16). The number of aryl methyl sites for hydroxylation is 1. The van der Waals surface area contributed by atoms with Crippen LogP contribution in [0.2, 0.25) is 0 Å². The summed E-state index contributed by atoms with van der Waals surface area (Å²) in [5.74, 6) is 0.442. The molecule has 18 heavy (non-hydrogen) atoms. The van der Waals surface area contributed by atoms with E-state index in [1.807, 2.05) is 13.0 Å². The maximum atomic E-state index is 11.3. The molecular weight excluding hydrogens is 252 g/mol. The molecule has 1 fully saturated rings. The first-order valence-electron chi connectivity index (χ1n) is 6.00. The smallest absolute Gasteiger partial charge is 0.294 e. The second kappa shape index (κ2) is 4.99. The lowest BCUT2D eigenvalue weighted by Crippen LogP contribution is -2.31. The minimum Gasteiger partial charge on any atom is -0.381 e. The van der Waals surface area contributed by atoms with E-state index in [9.17, 15) is 13.0 Å². The molecule has 0 heterocycles. The average molecular weight is 270 g/mol. The highest BCUT2D eigenvalue weighted by atomic mass is 32.2. The van der Waals surface area contributed by atoms with Gasteiger partial charge in [0, 0.05) is 7.11 Å². The summed E-state index contributed by atoms with van der Waals surface area (Å²) in [4.78, 5) is 0.0361. The first-order valence-corrected chi connectivity index (χ1v) is 7.44. The lowest BCUT2D eigenvalue weighted by molar-refractivity contribution is 0.00126. The highest BCUT2D eigenvalue weighted by Crippen LogP contribution is 2.34. The Morgan fingerprint density at radius 1 is 1.39 bits per heavy atom. The summed E-state index contributed by atoms with van der Waals surface area (Å²) in [6.45, 7) is 1.91. The van der Waals surface area contributed by atoms with Crippen molar-refractivity contribution in [1.82, 2.24) is 0 Å². The zero-order chi connectivity index (χ0) is 13.3. The molecule has 1 N–H and O–H groups in total. The van der Waals surface area contributed by atoms with Gasteiger partial charge in [-0.3, -0.25) is 4.55 Å². The van der Waals surface area contributed by atoms with Crippen LogP contribution in [0.3, 0.4) is 0 Å². The van der Waals surface area contributed by atoms with E-state index in [0.29, 0.717) is 24.0 Å². The summed E-state index contributed by atoms with van der Waals surface area (Å²) >= 11 is 0. The molecule has 1 aromatic rings. The third kappa shape index (κ3) is 2.91. The average Bonchev–Trinajstić information content (AvgIpc) is 2.21. The lowest BCUT2D eigenvalue weighted by atomic mass is 9.78. The predicted molar refractivity (Wildman–Crippen MR) is 68.2 cm³/mol. The monoisotopic (exact) mass is 270 g/mol. The van der Waals surface area contributed by atoms with Gasteiger partial charge in [0.2, 0.25) is 0 Å². The van der Waals surface area contributed by atoms with Crippen molar-refractivity contribution in [2.75, 3.05) is 7.11 Å². The molecule has 0 spiro atoms. The molecule has 0 radical (unpaired) electrons. The largest absolute Gasteiger partial charge is 0.381 e. The van der Waals surface area contributed by atoms with Crippen LogP contribution in [0.1, 0.15) is 24.0 Å². The Morgan fingerprint density at radius 3 is 2.61 bits per heavy atom. The Bertz CT molecular complexity index is 530. The minimum atomic E-state index is -4.13. The molecule has 1 aliphatic carbocycles. The van der Waals surface area contributed by atoms with Gasteiger partial charge in [0.05, 0.1) is 11.0 Å². The van der Waals surface area contributed by atoms with E-state index >= 15 is 0 Å². The van der Waals surface area contributed by atoms with Crippen LogP contribution in [0.4, 0.5) is 0 Å². The first-order chi connectivity index (χ1) is 8.40. The Labute approximate surface area is 108 Å². The van der Waals surface area contributed by atoms with Gasteiger partial charge >= 0.3 is 0 Å². The molecule has 1 aliphatic rings. The Hall–Kier alpha value is -0.910. The van der Waals surface area contributed by atoms with E-state index in [0.717, 1.165) is 18.4 Å². The van der Waals surface area contributed by atoms with Crippen LogP contribution in [0.5, 0.6) is 0 Å². The third-order valence-electron chi connectivity index (χ3n) is 3.53. The fraction of sp³-hybridized carbons (Fsp3) is 0.538. The zero-order valence-electron chi connectivity index (χ0n) is 10.6. The summed E-state index contributed by atoms with van der Waals surface area (Å²) in [5.41, 5.74) is 1.71. The third-order valence-corrected chi connectivity index (χ3v) is 4.48. The van der Waals surface area contributed by atoms with E-state index in [1.165, 1.54) is 6.07 Å². The molecule has 1 aromatic carbocycles. The van der Waals surface area contributed by atoms with Crippen LogP contribution in [0.25, 0.3) is 0 Å². The van der Waals surface area contributed by atoms with Crippen LogP contribution < -0.4 is 0 Å². The normalized spacial score (nSPS) is 23.7. The molecule has 0 aromatic heterocycles. The summed E-state index contributed by atoms with van der Waals surface area (Å²) in [7, 11) is -2.44. The van der Waals surface area contributed by atoms with Crippen molar-refractivity contribution < 1.29 is 17.7 Å². The van der Waals surface area contributed by atoms with E-state index < -0.39 is 10.1 Å². The van der Waals surface area contributed by atoms with Gasteiger partial charge in [-0.05, 0) is 43.7 Å². The molecular formula is C13H18O4S. The van der Waals surface area contributed by atoms with Crippen molar-refractivity contribution >= 4 is 10.1 Å². The lowest BCUT2D eigenvalue weighted by Gasteiger charge is -2.34. The molecule has 0 atom stereocenters. The molecule has 5 heteroatoms. The number of hydrogen-bond acceptors (Lipinski definition) is 3. The number of hydrogen-bond donors (Lipinski definition) is 1. The minimum absolute atomic E-state index is 0.0361. The maximum Gasteiger partial charge on any atom is 0.294 e. The molecule has 0 unspecified atom stereocenters. The van der Waals surface area contributed by atoms with Crippen LogP contribution >= 0.6 is 0 Å². The van der Waals surface area contributed by atoms with Crippen molar-refractivity contribution in [3.05, 3.63) is 29.3 Å². The molecule has 0 aliphatic heterocycles. The van der Waals surface area contributed by atoms with Gasteiger partial charge in [-0.1, -0.05) is 17.7 Å². The summed E-state index contributed by atoms with van der Waals surface area (Å²) < 4.78 is 37.0. The van der Waals surface area contributed by atoms with Gasteiger partial charge in [-0.15, -0.1) is 0 Å². The number of ether oxygens (including phenoxy) is 1. The molecule has 1 saturated carbocycles. The zero-order valence-corrected chi connectivity index (χ0v) is 11.4. The second-order valence-corrected chi connectivity index (χ2v) is 6.38. The highest BCUT2D eigenvalue weighted by molar-refractivity contribution is 7.85. The van der Waals surface area contributed by atoms with E-state index in [1.54, 1.807) is 13.2 Å². The molecule has 4 nitrogen and oxygen atoms in total. The Kier molecular flexibility index (Phi) is 3.75. The molecule has 2 rings (SSSR count). The summed E-state index contributed by atoms with van der Waals surface area (Å²) in [5, 5.41) is 0. The fourth-order valence-corrected chi connectivity index (χ4v) is 3.18. The van der Waals surface area contributed by atoms with Gasteiger partial charge in [0.15, 0.2) is 0 Å². The Balaban J connectivity index is 2.19. The summed E-state index contributed by atoms with van der Waals surface area (Å²) in [6.07, 6.45) is 2.88. The summed E-state index contributed by atoms with van der Waals surface area (Å²) in [6, 6.07) is 5.01. The van der Waals surface area contributed by atoms with E-state index in [2.05, 4.69) is 0 Å². The number of rotatable bonds is 4. The maximum absolute atomic E-state index is 11.3. The van der Waals surface area contributed by atoms with Crippen LogP contribution in [-0.4, -0.2) is 26.2 Å². The Morgan fingerprint density at radius 2 is 2.06 bits per heavy atom. The molecule has 0 bridgehead atoms. The first kappa shape index (κ1) is 13.5. The SMILES string of the molecule is COC1CC(Cc2cc(C)ccc2S(=O)(=O)O)C1. The van der Waals surface area contributed by atoms with Gasteiger partial charge in [0.1, 0.15) is 0 Å². The number of benzene rings is 1. The van der Waals surface area contributed by atoms with Crippen molar-refractivity contribution in [2.45, 2.75) is 37.2 Å². The van der Waals surface area contributed by atoms with Crippen LogP contribution in [0, 0.1) is 12.8 Å². The fourth-order valence-electron chi connectivity index (χ4n) is 2.46. The van der Waals surface area contributed by atoms with E-state index in [4.69, 9.17) is 4.74 Å². The second-order valence-electron chi connectivity index (χ2n) is 4.99. The van der Waals surface area contributed by atoms with Crippen molar-refractivity contribution in [3.63, 3.8) is 0 Å². The van der Waals surface area contributed by atoms with Gasteiger partial charge < -0.3 is 4.74 Å². The predicted octanol–water partition coefficient (Wildman–Crippen LogP) is 2.21. The molecule has 100 valence electrons. The van der Waals surface area contributed by atoms with Crippen LogP contribution in [-0.2, 0) is 21.3 Å². The van der Waals surface area contributed by atoms with Crippen molar-refractivity contribution in [1.29, 1.82) is 0 Å². The topological polar surface area (TPSA) is 63.6 Å².